The van der Waals surface area contributed by atoms with Gasteiger partial charge in [0.2, 0.25) is 0 Å². The van der Waals surface area contributed by atoms with Gasteiger partial charge in [0.05, 0.1) is 24.4 Å². The molecule has 0 amide bonds. The number of aromatic nitrogens is 3. The van der Waals surface area contributed by atoms with Crippen LogP contribution >= 0.6 is 11.3 Å². The lowest BCUT2D eigenvalue weighted by Gasteiger charge is -2.17. The first-order valence-corrected chi connectivity index (χ1v) is 5.90. The Morgan fingerprint density at radius 3 is 3.12 bits per heavy atom. The summed E-state index contributed by atoms with van der Waals surface area (Å²) in [5, 5.41) is 1.92. The van der Waals surface area contributed by atoms with Crippen LogP contribution in [-0.2, 0) is 17.8 Å². The molecule has 1 aliphatic heterocycles. The summed E-state index contributed by atoms with van der Waals surface area (Å²) in [7, 11) is 0. The number of hydrogen-bond acceptors (Lipinski definition) is 6. The van der Waals surface area contributed by atoms with Gasteiger partial charge in [-0.2, -0.15) is 0 Å². The zero-order valence-electron chi connectivity index (χ0n) is 8.51. The zero-order valence-corrected chi connectivity index (χ0v) is 9.33. The summed E-state index contributed by atoms with van der Waals surface area (Å²) in [4.78, 5) is 12.9. The van der Waals surface area contributed by atoms with Crippen molar-refractivity contribution in [2.24, 2.45) is 0 Å². The van der Waals surface area contributed by atoms with Crippen LogP contribution in [0.1, 0.15) is 11.3 Å². The Bertz CT molecular complexity index is 512. The van der Waals surface area contributed by atoms with Gasteiger partial charge in [0, 0.05) is 17.4 Å². The van der Waals surface area contributed by atoms with Crippen molar-refractivity contribution in [2.75, 3.05) is 12.3 Å². The lowest BCUT2D eigenvalue weighted by molar-refractivity contribution is 0.109. The fourth-order valence-electron chi connectivity index (χ4n) is 1.69. The second kappa shape index (κ2) is 3.80. The quantitative estimate of drug-likeness (QED) is 0.804. The molecule has 0 radical (unpaired) electrons. The number of nitrogen functional groups attached to an aromatic ring is 1. The van der Waals surface area contributed by atoms with Crippen LogP contribution in [-0.4, -0.2) is 21.6 Å². The van der Waals surface area contributed by atoms with Crippen molar-refractivity contribution in [3.05, 3.63) is 22.1 Å². The number of fused-ring (bicyclic) bond motifs is 1. The minimum Gasteiger partial charge on any atom is -0.383 e. The number of ether oxygens (including phenoxy) is 1. The van der Waals surface area contributed by atoms with Crippen LogP contribution in [0.25, 0.3) is 11.5 Å². The molecule has 16 heavy (non-hydrogen) atoms. The number of anilines is 1. The van der Waals surface area contributed by atoms with Crippen LogP contribution in [0.2, 0.25) is 0 Å². The smallest absolute Gasteiger partial charge is 0.181 e. The molecule has 0 aromatic carbocycles. The lowest BCUT2D eigenvalue weighted by Crippen LogP contribution is -2.16. The van der Waals surface area contributed by atoms with Gasteiger partial charge in [-0.25, -0.2) is 15.0 Å². The summed E-state index contributed by atoms with van der Waals surface area (Å²) in [6.07, 6.45) is 0.791. The third-order valence-corrected chi connectivity index (χ3v) is 3.10. The molecule has 2 aromatic rings. The third kappa shape index (κ3) is 1.56. The second-order valence-corrected chi connectivity index (χ2v) is 4.25. The molecule has 1 aliphatic rings. The average Bonchev–Trinajstić information content (AvgIpc) is 2.82. The third-order valence-electron chi connectivity index (χ3n) is 2.52. The topological polar surface area (TPSA) is 73.9 Å². The maximum Gasteiger partial charge on any atom is 0.181 e. The van der Waals surface area contributed by atoms with Crippen molar-refractivity contribution in [2.45, 2.75) is 13.0 Å². The highest BCUT2D eigenvalue weighted by molar-refractivity contribution is 7.07. The zero-order chi connectivity index (χ0) is 11.0. The van der Waals surface area contributed by atoms with E-state index in [1.165, 1.54) is 11.3 Å². The molecule has 3 rings (SSSR count). The molecule has 0 unspecified atom stereocenters. The summed E-state index contributed by atoms with van der Waals surface area (Å²) >= 11 is 1.52. The molecule has 0 aliphatic carbocycles. The maximum absolute atomic E-state index is 5.89. The van der Waals surface area contributed by atoms with Crippen LogP contribution in [0.5, 0.6) is 0 Å². The first kappa shape index (κ1) is 9.68. The molecular weight excluding hydrogens is 224 g/mol. The van der Waals surface area contributed by atoms with Gasteiger partial charge in [0.1, 0.15) is 11.5 Å². The molecule has 0 bridgehead atoms. The highest BCUT2D eigenvalue weighted by Crippen LogP contribution is 2.23. The number of nitrogens with zero attached hydrogens (tertiary/aromatic N) is 3. The van der Waals surface area contributed by atoms with Gasteiger partial charge in [0.15, 0.2) is 5.82 Å². The fourth-order valence-corrected chi connectivity index (χ4v) is 2.22. The van der Waals surface area contributed by atoms with Gasteiger partial charge >= 0.3 is 0 Å². The predicted octanol–water partition coefficient (Wildman–Crippen LogP) is 1.25. The molecular formula is C10H10N4OS. The molecule has 2 N–H and O–H groups in total. The Labute approximate surface area is 96.3 Å². The minimum atomic E-state index is 0.507. The molecule has 3 heterocycles. The van der Waals surface area contributed by atoms with Crippen LogP contribution in [0.4, 0.5) is 5.82 Å². The van der Waals surface area contributed by atoms with Crippen LogP contribution < -0.4 is 5.73 Å². The lowest BCUT2D eigenvalue weighted by atomic mass is 10.1. The second-order valence-electron chi connectivity index (χ2n) is 3.53. The maximum atomic E-state index is 5.89. The number of thiazole rings is 1. The van der Waals surface area contributed by atoms with Crippen molar-refractivity contribution in [3.8, 4) is 11.5 Å². The summed E-state index contributed by atoms with van der Waals surface area (Å²) in [5.74, 6) is 1.12. The van der Waals surface area contributed by atoms with Crippen LogP contribution in [0.3, 0.4) is 0 Å². The van der Waals surface area contributed by atoms with E-state index in [1.807, 2.05) is 5.38 Å². The van der Waals surface area contributed by atoms with Gasteiger partial charge < -0.3 is 10.5 Å². The Balaban J connectivity index is 2.12. The summed E-state index contributed by atoms with van der Waals surface area (Å²) in [6.45, 7) is 1.21. The molecule has 0 saturated carbocycles. The minimum absolute atomic E-state index is 0.507. The van der Waals surface area contributed by atoms with E-state index in [-0.39, 0.29) is 0 Å². The Hall–Kier alpha value is -1.53. The summed E-state index contributed by atoms with van der Waals surface area (Å²) in [6, 6.07) is 0. The normalized spacial score (nSPS) is 14.8. The van der Waals surface area contributed by atoms with Crippen molar-refractivity contribution in [1.29, 1.82) is 0 Å². The first-order valence-electron chi connectivity index (χ1n) is 4.96. The average molecular weight is 234 g/mol. The monoisotopic (exact) mass is 234 g/mol. The highest BCUT2D eigenvalue weighted by atomic mass is 32.1. The molecule has 82 valence electrons. The Kier molecular flexibility index (Phi) is 2.30. The molecule has 6 heteroatoms. The SMILES string of the molecule is Nc1nc(-c2cscn2)nc2c1COCC2. The highest BCUT2D eigenvalue weighted by Gasteiger charge is 2.17. The molecule has 0 spiro atoms. The molecule has 5 nitrogen and oxygen atoms in total. The Morgan fingerprint density at radius 2 is 2.31 bits per heavy atom. The van der Waals surface area contributed by atoms with Crippen LogP contribution in [0.15, 0.2) is 10.9 Å². The number of nitrogens with two attached hydrogens (primary N) is 1. The standard InChI is InChI=1S/C10H10N4OS/c11-9-6-3-15-2-1-7(6)13-10(14-9)8-4-16-5-12-8/h4-5H,1-3H2,(H2,11,13,14). The Morgan fingerprint density at radius 1 is 1.38 bits per heavy atom. The van der Waals surface area contributed by atoms with Crippen molar-refractivity contribution >= 4 is 17.2 Å². The van der Waals surface area contributed by atoms with Gasteiger partial charge in [0.25, 0.3) is 0 Å². The van der Waals surface area contributed by atoms with Gasteiger partial charge in [-0.3, -0.25) is 0 Å². The summed E-state index contributed by atoms with van der Waals surface area (Å²) in [5.41, 5.74) is 10.3. The van der Waals surface area contributed by atoms with Crippen molar-refractivity contribution in [1.82, 2.24) is 15.0 Å². The molecule has 0 fully saturated rings. The predicted molar refractivity (Wildman–Crippen MR) is 60.9 cm³/mol. The van der Waals surface area contributed by atoms with E-state index < -0.39 is 0 Å². The van der Waals surface area contributed by atoms with Crippen molar-refractivity contribution < 1.29 is 4.74 Å². The van der Waals surface area contributed by atoms with Gasteiger partial charge in [-0.05, 0) is 0 Å². The van der Waals surface area contributed by atoms with Crippen LogP contribution in [0, 0.1) is 0 Å². The largest absolute Gasteiger partial charge is 0.383 e. The fraction of sp³-hybridized carbons (Fsp3) is 0.300. The molecule has 2 aromatic heterocycles. The van der Waals surface area contributed by atoms with E-state index in [0.29, 0.717) is 24.9 Å². The van der Waals surface area contributed by atoms with E-state index in [1.54, 1.807) is 5.51 Å². The molecule has 0 saturated heterocycles. The van der Waals surface area contributed by atoms with E-state index in [9.17, 15) is 0 Å². The first-order chi connectivity index (χ1) is 7.84. The van der Waals surface area contributed by atoms with E-state index in [4.69, 9.17) is 10.5 Å². The van der Waals surface area contributed by atoms with Gasteiger partial charge in [-0.1, -0.05) is 0 Å². The van der Waals surface area contributed by atoms with E-state index >= 15 is 0 Å². The number of rotatable bonds is 1. The van der Waals surface area contributed by atoms with E-state index in [0.717, 1.165) is 23.4 Å². The van der Waals surface area contributed by atoms with Gasteiger partial charge in [-0.15, -0.1) is 11.3 Å². The van der Waals surface area contributed by atoms with Crippen molar-refractivity contribution in [3.63, 3.8) is 0 Å². The number of hydrogen-bond donors (Lipinski definition) is 1. The van der Waals surface area contributed by atoms with E-state index in [2.05, 4.69) is 15.0 Å². The molecule has 0 atom stereocenters. The summed E-state index contributed by atoms with van der Waals surface area (Å²) < 4.78 is 5.33.